The Hall–Kier alpha value is -1.39. The van der Waals surface area contributed by atoms with E-state index in [1.54, 1.807) is 0 Å². The number of benzene rings is 1. The number of carbonyl (C=O) groups is 1. The van der Waals surface area contributed by atoms with Crippen molar-refractivity contribution in [3.63, 3.8) is 0 Å². The molecule has 0 aliphatic carbocycles. The number of rotatable bonds is 7. The molecule has 1 amide bonds. The van der Waals surface area contributed by atoms with Crippen molar-refractivity contribution in [3.05, 3.63) is 35.9 Å². The molecule has 0 heterocycles. The second-order valence-corrected chi connectivity index (χ2v) is 5.80. The van der Waals surface area contributed by atoms with E-state index in [2.05, 4.69) is 24.1 Å². The highest BCUT2D eigenvalue weighted by atomic mass is 16.1. The van der Waals surface area contributed by atoms with Crippen LogP contribution in [0.25, 0.3) is 0 Å². The van der Waals surface area contributed by atoms with Crippen molar-refractivity contribution in [3.8, 4) is 0 Å². The third-order valence-corrected chi connectivity index (χ3v) is 3.57. The molecule has 0 fully saturated rings. The standard InChI is InChI=1S/C16H27N3O/c1-12(2)15(19(3)4)11-18-16(20)10-14(17)13-8-6-5-7-9-13/h5-9,12,14-15H,10-11,17H2,1-4H3,(H,18,20). The Bertz CT molecular complexity index is 395. The van der Waals surface area contributed by atoms with Gasteiger partial charge in [-0.3, -0.25) is 4.79 Å². The first-order chi connectivity index (χ1) is 9.41. The van der Waals surface area contributed by atoms with Crippen LogP contribution in [-0.2, 0) is 4.79 Å². The molecule has 0 aliphatic rings. The molecule has 4 nitrogen and oxygen atoms in total. The number of amides is 1. The maximum atomic E-state index is 12.0. The molecule has 1 aromatic carbocycles. The maximum Gasteiger partial charge on any atom is 0.221 e. The summed E-state index contributed by atoms with van der Waals surface area (Å²) >= 11 is 0. The molecule has 20 heavy (non-hydrogen) atoms. The minimum Gasteiger partial charge on any atom is -0.354 e. The Kier molecular flexibility index (Phi) is 6.68. The molecule has 1 aromatic rings. The molecule has 0 aliphatic heterocycles. The molecule has 0 bridgehead atoms. The van der Waals surface area contributed by atoms with Crippen molar-refractivity contribution < 1.29 is 4.79 Å². The highest BCUT2D eigenvalue weighted by molar-refractivity contribution is 5.76. The Balaban J connectivity index is 2.44. The van der Waals surface area contributed by atoms with Crippen LogP contribution in [0.15, 0.2) is 30.3 Å². The van der Waals surface area contributed by atoms with Gasteiger partial charge in [0.05, 0.1) is 0 Å². The van der Waals surface area contributed by atoms with Crippen LogP contribution in [0.4, 0.5) is 0 Å². The zero-order valence-corrected chi connectivity index (χ0v) is 13.0. The first kappa shape index (κ1) is 16.7. The molecular weight excluding hydrogens is 250 g/mol. The van der Waals surface area contributed by atoms with Crippen LogP contribution in [0.3, 0.4) is 0 Å². The van der Waals surface area contributed by atoms with Crippen molar-refractivity contribution in [1.29, 1.82) is 0 Å². The summed E-state index contributed by atoms with van der Waals surface area (Å²) in [5.41, 5.74) is 7.05. The summed E-state index contributed by atoms with van der Waals surface area (Å²) in [6.07, 6.45) is 0.322. The summed E-state index contributed by atoms with van der Waals surface area (Å²) in [7, 11) is 4.07. The molecule has 1 rings (SSSR count). The van der Waals surface area contributed by atoms with Gasteiger partial charge < -0.3 is 16.0 Å². The van der Waals surface area contributed by atoms with Gasteiger partial charge in [0.1, 0.15) is 0 Å². The summed E-state index contributed by atoms with van der Waals surface area (Å²) in [5, 5.41) is 2.99. The van der Waals surface area contributed by atoms with Crippen LogP contribution in [0.5, 0.6) is 0 Å². The highest BCUT2D eigenvalue weighted by Gasteiger charge is 2.17. The molecule has 2 unspecified atom stereocenters. The zero-order chi connectivity index (χ0) is 15.1. The summed E-state index contributed by atoms with van der Waals surface area (Å²) < 4.78 is 0. The van der Waals surface area contributed by atoms with Gasteiger partial charge in [0.15, 0.2) is 0 Å². The van der Waals surface area contributed by atoms with Gasteiger partial charge in [-0.25, -0.2) is 0 Å². The molecule has 0 radical (unpaired) electrons. The van der Waals surface area contributed by atoms with Crippen LogP contribution < -0.4 is 11.1 Å². The summed E-state index contributed by atoms with van der Waals surface area (Å²) in [6.45, 7) is 4.98. The van der Waals surface area contributed by atoms with E-state index in [0.717, 1.165) is 5.56 Å². The van der Waals surface area contributed by atoms with E-state index < -0.39 is 0 Å². The SMILES string of the molecule is CC(C)C(CNC(=O)CC(N)c1ccccc1)N(C)C. The van der Waals surface area contributed by atoms with Gasteiger partial charge in [0.2, 0.25) is 5.91 Å². The normalized spacial score (nSPS) is 14.3. The Labute approximate surface area is 122 Å². The molecule has 112 valence electrons. The Morgan fingerprint density at radius 1 is 1.25 bits per heavy atom. The lowest BCUT2D eigenvalue weighted by Gasteiger charge is -2.28. The molecule has 4 heteroatoms. The van der Waals surface area contributed by atoms with Crippen LogP contribution in [0.2, 0.25) is 0 Å². The molecule has 0 saturated heterocycles. The summed E-state index contributed by atoms with van der Waals surface area (Å²) in [5.74, 6) is 0.502. The fourth-order valence-electron chi connectivity index (χ4n) is 2.32. The Morgan fingerprint density at radius 3 is 2.35 bits per heavy atom. The molecule has 2 atom stereocenters. The highest BCUT2D eigenvalue weighted by Crippen LogP contribution is 2.13. The van der Waals surface area contributed by atoms with Crippen molar-refractivity contribution in [1.82, 2.24) is 10.2 Å². The first-order valence-corrected chi connectivity index (χ1v) is 7.15. The fraction of sp³-hybridized carbons (Fsp3) is 0.562. The number of nitrogens with zero attached hydrogens (tertiary/aromatic N) is 1. The topological polar surface area (TPSA) is 58.4 Å². The van der Waals surface area contributed by atoms with E-state index in [1.807, 2.05) is 44.4 Å². The van der Waals surface area contributed by atoms with Crippen molar-refractivity contribution >= 4 is 5.91 Å². The quantitative estimate of drug-likeness (QED) is 0.798. The smallest absolute Gasteiger partial charge is 0.221 e. The Morgan fingerprint density at radius 2 is 1.85 bits per heavy atom. The number of hydrogen-bond donors (Lipinski definition) is 2. The third-order valence-electron chi connectivity index (χ3n) is 3.57. The average molecular weight is 277 g/mol. The number of carbonyl (C=O) groups excluding carboxylic acids is 1. The maximum absolute atomic E-state index is 12.0. The molecular formula is C16H27N3O. The minimum atomic E-state index is -0.243. The second kappa shape index (κ2) is 8.02. The summed E-state index contributed by atoms with van der Waals surface area (Å²) in [6, 6.07) is 9.83. The fourth-order valence-corrected chi connectivity index (χ4v) is 2.32. The van der Waals surface area contributed by atoms with Gasteiger partial charge in [0.25, 0.3) is 0 Å². The summed E-state index contributed by atoms with van der Waals surface area (Å²) in [4.78, 5) is 14.1. The number of hydrogen-bond acceptors (Lipinski definition) is 3. The lowest BCUT2D eigenvalue weighted by molar-refractivity contribution is -0.121. The van der Waals surface area contributed by atoms with E-state index in [1.165, 1.54) is 0 Å². The first-order valence-electron chi connectivity index (χ1n) is 7.15. The monoisotopic (exact) mass is 277 g/mol. The number of likely N-dealkylation sites (N-methyl/N-ethyl adjacent to an activating group) is 1. The van der Waals surface area contributed by atoms with Crippen LogP contribution in [0.1, 0.15) is 31.9 Å². The lowest BCUT2D eigenvalue weighted by atomic mass is 10.0. The predicted octanol–water partition coefficient (Wildman–Crippen LogP) is 1.78. The van der Waals surface area contributed by atoms with Crippen molar-refractivity contribution in [2.75, 3.05) is 20.6 Å². The van der Waals surface area contributed by atoms with E-state index in [9.17, 15) is 4.79 Å². The zero-order valence-electron chi connectivity index (χ0n) is 13.0. The van der Waals surface area contributed by atoms with Crippen molar-refractivity contribution in [2.24, 2.45) is 11.7 Å². The predicted molar refractivity (Wildman–Crippen MR) is 83.3 cm³/mol. The molecule has 0 saturated carbocycles. The van der Waals surface area contributed by atoms with E-state index in [4.69, 9.17) is 5.73 Å². The van der Waals surface area contributed by atoms with Gasteiger partial charge in [-0.1, -0.05) is 44.2 Å². The van der Waals surface area contributed by atoms with Gasteiger partial charge >= 0.3 is 0 Å². The van der Waals surface area contributed by atoms with E-state index >= 15 is 0 Å². The van der Waals surface area contributed by atoms with E-state index in [-0.39, 0.29) is 11.9 Å². The van der Waals surface area contributed by atoms with E-state index in [0.29, 0.717) is 24.9 Å². The minimum absolute atomic E-state index is 0.00820. The average Bonchev–Trinajstić information content (AvgIpc) is 2.39. The van der Waals surface area contributed by atoms with Gasteiger partial charge in [-0.2, -0.15) is 0 Å². The second-order valence-electron chi connectivity index (χ2n) is 5.80. The van der Waals surface area contributed by atoms with Gasteiger partial charge in [0, 0.05) is 25.0 Å². The molecule has 3 N–H and O–H groups in total. The number of nitrogens with two attached hydrogens (primary N) is 1. The molecule has 0 aromatic heterocycles. The van der Waals surface area contributed by atoms with Crippen molar-refractivity contribution in [2.45, 2.75) is 32.4 Å². The molecule has 0 spiro atoms. The van der Waals surface area contributed by atoms with Crippen LogP contribution in [-0.4, -0.2) is 37.5 Å². The lowest BCUT2D eigenvalue weighted by Crippen LogP contribution is -2.43. The largest absolute Gasteiger partial charge is 0.354 e. The van der Waals surface area contributed by atoms with Crippen LogP contribution in [0, 0.1) is 5.92 Å². The van der Waals surface area contributed by atoms with Crippen LogP contribution >= 0.6 is 0 Å². The third kappa shape index (κ3) is 5.31. The van der Waals surface area contributed by atoms with Gasteiger partial charge in [-0.15, -0.1) is 0 Å². The van der Waals surface area contributed by atoms with Gasteiger partial charge in [-0.05, 0) is 25.6 Å². The number of nitrogens with one attached hydrogen (secondary N) is 1.